The van der Waals surface area contributed by atoms with Crippen molar-refractivity contribution in [3.63, 3.8) is 0 Å². The zero-order valence-electron chi connectivity index (χ0n) is 10.8. The first kappa shape index (κ1) is 14.9. The Morgan fingerprint density at radius 2 is 1.93 bits per heavy atom. The lowest BCUT2D eigenvalue weighted by Crippen LogP contribution is -2.49. The third-order valence-corrected chi connectivity index (χ3v) is 2.62. The van der Waals surface area contributed by atoms with Crippen molar-refractivity contribution in [2.45, 2.75) is 65.1 Å². The van der Waals surface area contributed by atoms with Crippen LogP contribution in [0.15, 0.2) is 0 Å². The molecular weight excluding hydrogens is 190 g/mol. The van der Waals surface area contributed by atoms with E-state index in [-0.39, 0.29) is 12.1 Å². The lowest BCUT2D eigenvalue weighted by atomic mass is 9.98. The average molecular weight is 217 g/mol. The SMILES string of the molecule is CCC(C)OCCC(C)(CO)NC(C)C. The van der Waals surface area contributed by atoms with Crippen LogP contribution in [0.1, 0.15) is 47.5 Å². The van der Waals surface area contributed by atoms with Crippen LogP contribution in [0.4, 0.5) is 0 Å². The van der Waals surface area contributed by atoms with Crippen molar-refractivity contribution >= 4 is 0 Å². The summed E-state index contributed by atoms with van der Waals surface area (Å²) in [6.07, 6.45) is 2.19. The molecule has 2 unspecified atom stereocenters. The van der Waals surface area contributed by atoms with Crippen LogP contribution in [0, 0.1) is 0 Å². The maximum Gasteiger partial charge on any atom is 0.0611 e. The van der Waals surface area contributed by atoms with E-state index >= 15 is 0 Å². The molecule has 0 aromatic rings. The molecular formula is C12H27NO2. The molecule has 0 saturated heterocycles. The van der Waals surface area contributed by atoms with Crippen LogP contribution in [-0.2, 0) is 4.74 Å². The molecule has 0 bridgehead atoms. The van der Waals surface area contributed by atoms with Gasteiger partial charge in [0.15, 0.2) is 0 Å². The number of aliphatic hydroxyl groups is 1. The van der Waals surface area contributed by atoms with E-state index in [0.29, 0.717) is 18.8 Å². The highest BCUT2D eigenvalue weighted by molar-refractivity contribution is 4.83. The van der Waals surface area contributed by atoms with Crippen LogP contribution in [0.3, 0.4) is 0 Å². The highest BCUT2D eigenvalue weighted by Gasteiger charge is 2.23. The molecule has 2 atom stereocenters. The third kappa shape index (κ3) is 6.88. The molecule has 92 valence electrons. The van der Waals surface area contributed by atoms with Gasteiger partial charge in [0.05, 0.1) is 12.7 Å². The molecule has 15 heavy (non-hydrogen) atoms. The van der Waals surface area contributed by atoms with Gasteiger partial charge in [0, 0.05) is 18.2 Å². The Morgan fingerprint density at radius 1 is 1.33 bits per heavy atom. The number of hydrogen-bond acceptors (Lipinski definition) is 3. The molecule has 0 aliphatic rings. The molecule has 0 rings (SSSR count). The summed E-state index contributed by atoms with van der Waals surface area (Å²) < 4.78 is 5.62. The number of ether oxygens (including phenoxy) is 1. The predicted molar refractivity (Wildman–Crippen MR) is 64.1 cm³/mol. The molecule has 0 saturated carbocycles. The summed E-state index contributed by atoms with van der Waals surface area (Å²) >= 11 is 0. The van der Waals surface area contributed by atoms with Gasteiger partial charge >= 0.3 is 0 Å². The minimum atomic E-state index is -0.221. The molecule has 0 radical (unpaired) electrons. The highest BCUT2D eigenvalue weighted by atomic mass is 16.5. The maximum absolute atomic E-state index is 9.34. The first-order valence-corrected chi connectivity index (χ1v) is 5.93. The van der Waals surface area contributed by atoms with Crippen molar-refractivity contribution in [1.82, 2.24) is 5.32 Å². The Labute approximate surface area is 94.2 Å². The second-order valence-electron chi connectivity index (χ2n) is 4.86. The lowest BCUT2D eigenvalue weighted by molar-refractivity contribution is 0.0373. The van der Waals surface area contributed by atoms with Gasteiger partial charge in [0.2, 0.25) is 0 Å². The second kappa shape index (κ2) is 7.20. The first-order chi connectivity index (χ1) is 6.93. The van der Waals surface area contributed by atoms with Crippen molar-refractivity contribution in [2.24, 2.45) is 0 Å². The molecule has 0 fully saturated rings. The Morgan fingerprint density at radius 3 is 2.33 bits per heavy atom. The van der Waals surface area contributed by atoms with Crippen molar-refractivity contribution in [2.75, 3.05) is 13.2 Å². The van der Waals surface area contributed by atoms with Crippen LogP contribution in [0.25, 0.3) is 0 Å². The summed E-state index contributed by atoms with van der Waals surface area (Å²) in [5.74, 6) is 0. The van der Waals surface area contributed by atoms with Crippen molar-refractivity contribution < 1.29 is 9.84 Å². The van der Waals surface area contributed by atoms with E-state index < -0.39 is 0 Å². The van der Waals surface area contributed by atoms with Gasteiger partial charge in [-0.3, -0.25) is 0 Å². The zero-order chi connectivity index (χ0) is 11.9. The van der Waals surface area contributed by atoms with Crippen molar-refractivity contribution in [3.8, 4) is 0 Å². The Kier molecular flexibility index (Phi) is 7.14. The standard InChI is InChI=1S/C12H27NO2/c1-6-11(4)15-8-7-12(5,9-14)13-10(2)3/h10-11,13-14H,6-9H2,1-5H3. The topological polar surface area (TPSA) is 41.5 Å². The van der Waals surface area contributed by atoms with E-state index in [4.69, 9.17) is 4.74 Å². The summed E-state index contributed by atoms with van der Waals surface area (Å²) in [7, 11) is 0. The van der Waals surface area contributed by atoms with Crippen LogP contribution in [-0.4, -0.2) is 36.0 Å². The normalized spacial score (nSPS) is 17.8. The molecule has 0 aromatic heterocycles. The Balaban J connectivity index is 3.87. The van der Waals surface area contributed by atoms with E-state index in [1.54, 1.807) is 0 Å². The first-order valence-electron chi connectivity index (χ1n) is 5.93. The molecule has 0 aromatic carbocycles. The van der Waals surface area contributed by atoms with E-state index in [1.807, 2.05) is 6.92 Å². The van der Waals surface area contributed by atoms with E-state index in [0.717, 1.165) is 12.8 Å². The highest BCUT2D eigenvalue weighted by Crippen LogP contribution is 2.11. The minimum absolute atomic E-state index is 0.148. The smallest absolute Gasteiger partial charge is 0.0611 e. The van der Waals surface area contributed by atoms with Gasteiger partial charge in [0.1, 0.15) is 0 Å². The Hall–Kier alpha value is -0.120. The molecule has 2 N–H and O–H groups in total. The number of nitrogens with one attached hydrogen (secondary N) is 1. The lowest BCUT2D eigenvalue weighted by Gasteiger charge is -2.31. The molecule has 3 nitrogen and oxygen atoms in total. The average Bonchev–Trinajstić information content (AvgIpc) is 2.16. The molecule has 0 aliphatic heterocycles. The fourth-order valence-electron chi connectivity index (χ4n) is 1.50. The van der Waals surface area contributed by atoms with Crippen molar-refractivity contribution in [3.05, 3.63) is 0 Å². The summed E-state index contributed by atoms with van der Waals surface area (Å²) in [6.45, 7) is 11.2. The monoisotopic (exact) mass is 217 g/mol. The van der Waals surface area contributed by atoms with Gasteiger partial charge in [-0.15, -0.1) is 0 Å². The maximum atomic E-state index is 9.34. The summed E-state index contributed by atoms with van der Waals surface area (Å²) in [6, 6.07) is 0.380. The molecule has 0 amide bonds. The number of hydrogen-bond donors (Lipinski definition) is 2. The fraction of sp³-hybridized carbons (Fsp3) is 1.00. The molecule has 3 heteroatoms. The molecule has 0 aliphatic carbocycles. The predicted octanol–water partition coefficient (Wildman–Crippen LogP) is 1.94. The third-order valence-electron chi connectivity index (χ3n) is 2.62. The summed E-state index contributed by atoms with van der Waals surface area (Å²) in [5.41, 5.74) is -0.221. The summed E-state index contributed by atoms with van der Waals surface area (Å²) in [4.78, 5) is 0. The minimum Gasteiger partial charge on any atom is -0.394 e. The van der Waals surface area contributed by atoms with Crippen LogP contribution < -0.4 is 5.32 Å². The van der Waals surface area contributed by atoms with Crippen LogP contribution in [0.2, 0.25) is 0 Å². The van der Waals surface area contributed by atoms with E-state index in [1.165, 1.54) is 0 Å². The molecule has 0 heterocycles. The number of rotatable bonds is 8. The second-order valence-corrected chi connectivity index (χ2v) is 4.86. The van der Waals surface area contributed by atoms with Gasteiger partial charge in [-0.1, -0.05) is 20.8 Å². The van der Waals surface area contributed by atoms with Gasteiger partial charge in [-0.25, -0.2) is 0 Å². The number of aliphatic hydroxyl groups excluding tert-OH is 1. The van der Waals surface area contributed by atoms with Gasteiger partial charge in [0.25, 0.3) is 0 Å². The van der Waals surface area contributed by atoms with Crippen molar-refractivity contribution in [1.29, 1.82) is 0 Å². The van der Waals surface area contributed by atoms with Gasteiger partial charge < -0.3 is 15.2 Å². The summed E-state index contributed by atoms with van der Waals surface area (Å²) in [5, 5.41) is 12.7. The van der Waals surface area contributed by atoms with E-state index in [2.05, 4.69) is 33.0 Å². The molecule has 0 spiro atoms. The Bertz CT molecular complexity index is 162. The van der Waals surface area contributed by atoms with Crippen LogP contribution >= 0.6 is 0 Å². The van der Waals surface area contributed by atoms with Gasteiger partial charge in [-0.05, 0) is 26.7 Å². The van der Waals surface area contributed by atoms with E-state index in [9.17, 15) is 5.11 Å². The fourth-order valence-corrected chi connectivity index (χ4v) is 1.50. The zero-order valence-corrected chi connectivity index (χ0v) is 10.8. The quantitative estimate of drug-likeness (QED) is 0.653. The largest absolute Gasteiger partial charge is 0.394 e. The van der Waals surface area contributed by atoms with Gasteiger partial charge in [-0.2, -0.15) is 0 Å². The van der Waals surface area contributed by atoms with Crippen LogP contribution in [0.5, 0.6) is 0 Å².